The van der Waals surface area contributed by atoms with Crippen LogP contribution in [-0.4, -0.2) is 39.9 Å². The van der Waals surface area contributed by atoms with Crippen LogP contribution in [0.25, 0.3) is 0 Å². The molecule has 0 aliphatic rings. The summed E-state index contributed by atoms with van der Waals surface area (Å²) in [4.78, 5) is 33.1. The highest BCUT2D eigenvalue weighted by Gasteiger charge is 2.01. The molecule has 0 saturated heterocycles. The summed E-state index contributed by atoms with van der Waals surface area (Å²) in [6.45, 7) is 89.9. The Morgan fingerprint density at radius 3 is 0.440 bits per heavy atom. The molecule has 0 radical (unpaired) electrons. The monoisotopic (exact) mass is 1800 g/mol. The van der Waals surface area contributed by atoms with Crippen molar-refractivity contribution in [3.05, 3.63) is 478 Å². The van der Waals surface area contributed by atoms with Crippen LogP contribution >= 0.6 is 0 Å². The van der Waals surface area contributed by atoms with Crippen molar-refractivity contribution >= 4 is 0 Å². The summed E-state index contributed by atoms with van der Waals surface area (Å²) < 4.78 is 0. The van der Waals surface area contributed by atoms with Crippen molar-refractivity contribution in [3.8, 4) is 0 Å². The van der Waals surface area contributed by atoms with E-state index in [1.54, 1.807) is 0 Å². The molecule has 0 saturated carbocycles. The van der Waals surface area contributed by atoms with Gasteiger partial charge in [0.1, 0.15) is 0 Å². The summed E-state index contributed by atoms with van der Waals surface area (Å²) in [5.41, 5.74) is 55.4. The Kier molecular flexibility index (Phi) is 58.7. The molecule has 716 valence electrons. The normalized spacial score (nSPS) is 9.54. The Labute approximate surface area is 817 Å². The molecule has 0 aliphatic heterocycles. The van der Waals surface area contributed by atoms with Crippen molar-refractivity contribution in [1.82, 2.24) is 39.9 Å². The maximum absolute atomic E-state index is 4.18. The van der Waals surface area contributed by atoms with Crippen LogP contribution in [0.4, 0.5) is 0 Å². The predicted octanol–water partition coefficient (Wildman–Crippen LogP) is 34.4. The van der Waals surface area contributed by atoms with Crippen molar-refractivity contribution in [1.29, 1.82) is 0 Å². The first-order valence-electron chi connectivity index (χ1n) is 46.6. The molecule has 0 unspecified atom stereocenters. The molecule has 8 nitrogen and oxygen atoms in total. The Bertz CT molecular complexity index is 4810. The highest BCUT2D eigenvalue weighted by atomic mass is 14.7. The zero-order valence-corrected chi connectivity index (χ0v) is 90.6. The van der Waals surface area contributed by atoms with Crippen LogP contribution < -0.4 is 0 Å². The van der Waals surface area contributed by atoms with Gasteiger partial charge in [0.2, 0.25) is 0 Å². The first-order valence-corrected chi connectivity index (χ1v) is 46.6. The highest BCUT2D eigenvalue weighted by molar-refractivity contribution is 5.38. The van der Waals surface area contributed by atoms with E-state index in [9.17, 15) is 0 Å². The summed E-state index contributed by atoms with van der Waals surface area (Å²) in [5, 5.41) is 0. The lowest BCUT2D eigenvalue weighted by molar-refractivity contribution is 1.12. The van der Waals surface area contributed by atoms with E-state index in [2.05, 4.69) is 444 Å². The molecule has 8 heterocycles. The number of nitrogens with zero attached hydrogens (tertiary/aromatic N) is 8. The minimum atomic E-state index is 0. The maximum Gasteiger partial charge on any atom is 0.0401 e. The summed E-state index contributed by atoms with van der Waals surface area (Å²) in [6.07, 6.45) is 15.2. The summed E-state index contributed by atoms with van der Waals surface area (Å²) >= 11 is 0. The van der Waals surface area contributed by atoms with Gasteiger partial charge in [-0.3, -0.25) is 39.9 Å². The van der Waals surface area contributed by atoms with Gasteiger partial charge in [-0.1, -0.05) is 204 Å². The Balaban J connectivity index is 0.00000141. The van der Waals surface area contributed by atoms with Crippen LogP contribution in [0.5, 0.6) is 0 Å². The molecule has 8 heteroatoms. The Morgan fingerprint density at radius 1 is 0.112 bits per heavy atom. The largest absolute Gasteiger partial charge is 0.261 e. The second-order valence-corrected chi connectivity index (χ2v) is 36.5. The number of pyridine rings is 8. The van der Waals surface area contributed by atoms with Gasteiger partial charge in [0.15, 0.2) is 0 Å². The molecule has 0 bridgehead atoms. The quantitative estimate of drug-likeness (QED) is 0.148. The van der Waals surface area contributed by atoms with E-state index in [4.69, 9.17) is 0 Å². The van der Waals surface area contributed by atoms with E-state index in [0.29, 0.717) is 0 Å². The fourth-order valence-corrected chi connectivity index (χ4v) is 12.1. The number of aromatic nitrogens is 8. The second-order valence-electron chi connectivity index (χ2n) is 36.5. The van der Waals surface area contributed by atoms with Gasteiger partial charge in [-0.2, -0.15) is 0 Å². The molecule has 0 amide bonds. The average molecular weight is 1800 g/mol. The van der Waals surface area contributed by atoms with E-state index in [1.165, 1.54) is 195 Å². The summed E-state index contributed by atoms with van der Waals surface area (Å²) in [7, 11) is 0. The standard InChI is InChI=1S/C10H14.5C9H12.6C8H11N.C8H10.2C7H9N.CH4/c1-7-5-8(2)10(4)9(3)6-7;5*1-7-4-5-8(2)9(3)6-7;4*1-6-4-8(3)9-5-7(6)2;2*1-6-4-7(2)8(3)9-5-6;1-7-3-5-8(2)6-4-7;2*1-6-3-4-7(2)8-5-6;/h5-6H,1-4H3;5*4-6H,1-3H3;6*4-5H,1-3H3;3-6H,1-2H3;2*3-5H,1-2H3;1H4. The summed E-state index contributed by atoms with van der Waals surface area (Å²) in [5.74, 6) is 0. The lowest BCUT2D eigenvalue weighted by Gasteiger charge is -2.04. The zero-order valence-electron chi connectivity index (χ0n) is 90.6. The van der Waals surface area contributed by atoms with Crippen molar-refractivity contribution in [2.75, 3.05) is 0 Å². The van der Waals surface area contributed by atoms with Crippen molar-refractivity contribution in [3.63, 3.8) is 0 Å². The minimum Gasteiger partial charge on any atom is -0.261 e. The van der Waals surface area contributed by atoms with Gasteiger partial charge in [-0.05, 0) is 484 Å². The van der Waals surface area contributed by atoms with Crippen LogP contribution in [0.15, 0.2) is 238 Å². The molecule has 15 rings (SSSR count). The van der Waals surface area contributed by atoms with Crippen LogP contribution in [0.1, 0.15) is 248 Å². The van der Waals surface area contributed by atoms with Gasteiger partial charge in [0, 0.05) is 95.1 Å². The number of rotatable bonds is 0. The molecular formula is C126H172N8. The van der Waals surface area contributed by atoms with Crippen LogP contribution in [0.2, 0.25) is 0 Å². The van der Waals surface area contributed by atoms with Gasteiger partial charge < -0.3 is 0 Å². The SMILES string of the molecule is C.Cc1cc(C)c(C)c(C)c1.Cc1cc(C)c(C)cn1.Cc1cc(C)c(C)cn1.Cc1cc(C)c(C)cn1.Cc1cc(C)c(C)cn1.Cc1ccc(C)c(C)c1.Cc1ccc(C)c(C)c1.Cc1ccc(C)c(C)c1.Cc1ccc(C)c(C)c1.Cc1ccc(C)c(C)c1.Cc1ccc(C)cc1.Cc1ccc(C)nc1.Cc1ccc(C)nc1.Cc1cnc(C)c(C)c1.Cc1cnc(C)c(C)c1. The molecular weight excluding hydrogens is 1630 g/mol. The maximum atomic E-state index is 4.18. The van der Waals surface area contributed by atoms with E-state index in [0.717, 1.165) is 45.6 Å². The first-order chi connectivity index (χ1) is 62.2. The lowest BCUT2D eigenvalue weighted by Crippen LogP contribution is -1.86. The zero-order chi connectivity index (χ0) is 101. The van der Waals surface area contributed by atoms with E-state index >= 15 is 0 Å². The number of benzene rings is 7. The van der Waals surface area contributed by atoms with Crippen LogP contribution in [0.3, 0.4) is 0 Å². The number of aryl methyl sites for hydroxylation is 42. The smallest absolute Gasteiger partial charge is 0.0401 e. The first kappa shape index (κ1) is 122. The average Bonchev–Trinajstić information content (AvgIpc) is 0.861. The third-order valence-corrected chi connectivity index (χ3v) is 22.7. The minimum absolute atomic E-state index is 0. The Hall–Kier alpha value is -12.3. The van der Waals surface area contributed by atoms with Gasteiger partial charge >= 0.3 is 0 Å². The number of hydrogen-bond donors (Lipinski definition) is 0. The fraction of sp³-hybridized carbons (Fsp3) is 0.349. The number of hydrogen-bond acceptors (Lipinski definition) is 8. The molecule has 0 aliphatic carbocycles. The molecule has 7 aromatic carbocycles. The van der Waals surface area contributed by atoms with Gasteiger partial charge in [-0.25, -0.2) is 0 Å². The van der Waals surface area contributed by atoms with Gasteiger partial charge in [-0.15, -0.1) is 0 Å². The van der Waals surface area contributed by atoms with E-state index in [1.807, 2.05) is 131 Å². The topological polar surface area (TPSA) is 103 Å². The highest BCUT2D eigenvalue weighted by Crippen LogP contribution is 2.17. The molecule has 0 fully saturated rings. The van der Waals surface area contributed by atoms with Crippen LogP contribution in [0, 0.1) is 298 Å². The van der Waals surface area contributed by atoms with Crippen LogP contribution in [-0.2, 0) is 0 Å². The molecule has 0 atom stereocenters. The summed E-state index contributed by atoms with van der Waals surface area (Å²) in [6, 6.07) is 66.2. The van der Waals surface area contributed by atoms with E-state index < -0.39 is 0 Å². The predicted molar refractivity (Wildman–Crippen MR) is 589 cm³/mol. The molecule has 0 N–H and O–H groups in total. The van der Waals surface area contributed by atoms with Gasteiger partial charge in [0.05, 0.1) is 0 Å². The van der Waals surface area contributed by atoms with Crippen molar-refractivity contribution in [2.45, 2.75) is 305 Å². The second kappa shape index (κ2) is 64.6. The van der Waals surface area contributed by atoms with Gasteiger partial charge in [0.25, 0.3) is 0 Å². The van der Waals surface area contributed by atoms with E-state index in [-0.39, 0.29) is 7.43 Å². The third kappa shape index (κ3) is 54.0. The van der Waals surface area contributed by atoms with Crippen molar-refractivity contribution < 1.29 is 0 Å². The lowest BCUT2D eigenvalue weighted by atomic mass is 10.0. The molecule has 8 aromatic heterocycles. The Morgan fingerprint density at radius 2 is 0.284 bits per heavy atom. The molecule has 15 aromatic rings. The third-order valence-electron chi connectivity index (χ3n) is 22.7. The fourth-order valence-electron chi connectivity index (χ4n) is 12.1. The van der Waals surface area contributed by atoms with Crippen molar-refractivity contribution in [2.24, 2.45) is 0 Å². The molecule has 134 heavy (non-hydrogen) atoms. The molecule has 0 spiro atoms.